The molecule has 0 spiro atoms. The normalized spacial score (nSPS) is 14.5. The van der Waals surface area contributed by atoms with Crippen LogP contribution in [0.5, 0.6) is 0 Å². The first-order chi connectivity index (χ1) is 8.54. The van der Waals surface area contributed by atoms with E-state index in [0.717, 1.165) is 12.8 Å². The van der Waals surface area contributed by atoms with Gasteiger partial charge in [-0.15, -0.1) is 0 Å². The molecule has 0 aliphatic rings. The third-order valence-electron chi connectivity index (χ3n) is 3.51. The molecular formula is C17H25N. The molecule has 1 heteroatoms. The summed E-state index contributed by atoms with van der Waals surface area (Å²) in [6.45, 7) is 8.89. The molecule has 0 saturated carbocycles. The van der Waals surface area contributed by atoms with E-state index in [2.05, 4.69) is 64.1 Å². The lowest BCUT2D eigenvalue weighted by atomic mass is 9.79. The van der Waals surface area contributed by atoms with E-state index in [4.69, 9.17) is 0 Å². The van der Waals surface area contributed by atoms with E-state index in [-0.39, 0.29) is 5.92 Å². The molecule has 2 unspecified atom stereocenters. The maximum Gasteiger partial charge on any atom is 0.0656 e. The third-order valence-corrected chi connectivity index (χ3v) is 3.51. The van der Waals surface area contributed by atoms with Crippen molar-refractivity contribution >= 4 is 0 Å². The number of nitrogens with zero attached hydrogens (tertiary/aromatic N) is 1. The molecule has 0 saturated heterocycles. The van der Waals surface area contributed by atoms with Crippen LogP contribution in [-0.4, -0.2) is 0 Å². The van der Waals surface area contributed by atoms with E-state index in [1.54, 1.807) is 0 Å². The molecule has 2 atom stereocenters. The molecule has 0 N–H and O–H groups in total. The quantitative estimate of drug-likeness (QED) is 0.689. The fourth-order valence-electron chi connectivity index (χ4n) is 2.57. The standard InChI is InChI=1S/C17H25N/c1-13(2)10-15(12-18)11-17(14(3)4)16-8-6-5-7-9-16/h5-9,13-15,17H,10-11H2,1-4H3. The third kappa shape index (κ3) is 4.53. The van der Waals surface area contributed by atoms with Crippen molar-refractivity contribution in [3.05, 3.63) is 35.9 Å². The molecule has 18 heavy (non-hydrogen) atoms. The van der Waals surface area contributed by atoms with Gasteiger partial charge in [-0.1, -0.05) is 58.0 Å². The molecule has 1 rings (SSSR count). The van der Waals surface area contributed by atoms with Crippen LogP contribution in [0.25, 0.3) is 0 Å². The molecule has 0 aromatic heterocycles. The second-order valence-electron chi connectivity index (χ2n) is 5.95. The SMILES string of the molecule is CC(C)CC(C#N)CC(c1ccccc1)C(C)C. The molecule has 1 aromatic rings. The average molecular weight is 243 g/mol. The van der Waals surface area contributed by atoms with Crippen molar-refractivity contribution in [1.29, 1.82) is 5.26 Å². The van der Waals surface area contributed by atoms with Crippen LogP contribution in [0.15, 0.2) is 30.3 Å². The van der Waals surface area contributed by atoms with Gasteiger partial charge in [0.1, 0.15) is 0 Å². The second-order valence-corrected chi connectivity index (χ2v) is 5.95. The highest BCUT2D eigenvalue weighted by atomic mass is 14.3. The summed E-state index contributed by atoms with van der Waals surface area (Å²) in [6, 6.07) is 13.1. The summed E-state index contributed by atoms with van der Waals surface area (Å²) in [6.07, 6.45) is 1.99. The first-order valence-electron chi connectivity index (χ1n) is 6.99. The van der Waals surface area contributed by atoms with Gasteiger partial charge < -0.3 is 0 Å². The van der Waals surface area contributed by atoms with Gasteiger partial charge in [0.25, 0.3) is 0 Å². The topological polar surface area (TPSA) is 23.8 Å². The van der Waals surface area contributed by atoms with Gasteiger partial charge in [0.2, 0.25) is 0 Å². The molecule has 0 bridgehead atoms. The van der Waals surface area contributed by atoms with Crippen molar-refractivity contribution in [3.8, 4) is 6.07 Å². The van der Waals surface area contributed by atoms with Gasteiger partial charge in [-0.2, -0.15) is 5.26 Å². The van der Waals surface area contributed by atoms with Crippen molar-refractivity contribution < 1.29 is 0 Å². The van der Waals surface area contributed by atoms with Crippen LogP contribution in [0.2, 0.25) is 0 Å². The first-order valence-corrected chi connectivity index (χ1v) is 6.99. The zero-order valence-electron chi connectivity index (χ0n) is 12.1. The summed E-state index contributed by atoms with van der Waals surface area (Å²) in [5.41, 5.74) is 1.37. The highest BCUT2D eigenvalue weighted by Gasteiger charge is 2.21. The Morgan fingerprint density at radius 2 is 1.61 bits per heavy atom. The summed E-state index contributed by atoms with van der Waals surface area (Å²) in [4.78, 5) is 0. The van der Waals surface area contributed by atoms with Crippen molar-refractivity contribution in [3.63, 3.8) is 0 Å². The van der Waals surface area contributed by atoms with E-state index in [0.29, 0.717) is 17.8 Å². The second kappa shape index (κ2) is 7.21. The van der Waals surface area contributed by atoms with Crippen molar-refractivity contribution in [2.24, 2.45) is 17.8 Å². The molecule has 98 valence electrons. The highest BCUT2D eigenvalue weighted by Crippen LogP contribution is 2.32. The molecule has 0 aliphatic carbocycles. The van der Waals surface area contributed by atoms with Crippen LogP contribution in [0.4, 0.5) is 0 Å². The van der Waals surface area contributed by atoms with E-state index in [1.165, 1.54) is 5.56 Å². The van der Waals surface area contributed by atoms with Gasteiger partial charge >= 0.3 is 0 Å². The zero-order chi connectivity index (χ0) is 13.5. The van der Waals surface area contributed by atoms with Crippen LogP contribution in [0.3, 0.4) is 0 Å². The molecule has 0 fully saturated rings. The van der Waals surface area contributed by atoms with Gasteiger partial charge in [0, 0.05) is 5.92 Å². The lowest BCUT2D eigenvalue weighted by Crippen LogP contribution is -2.13. The van der Waals surface area contributed by atoms with Crippen LogP contribution in [-0.2, 0) is 0 Å². The lowest BCUT2D eigenvalue weighted by molar-refractivity contribution is 0.375. The summed E-state index contributed by atoms with van der Waals surface area (Å²) >= 11 is 0. The minimum Gasteiger partial charge on any atom is -0.198 e. The smallest absolute Gasteiger partial charge is 0.0656 e. The van der Waals surface area contributed by atoms with Gasteiger partial charge in [-0.3, -0.25) is 0 Å². The summed E-state index contributed by atoms with van der Waals surface area (Å²) in [5.74, 6) is 1.85. The Balaban J connectivity index is 2.78. The zero-order valence-corrected chi connectivity index (χ0v) is 12.1. The number of benzene rings is 1. The van der Waals surface area contributed by atoms with Gasteiger partial charge in [0.05, 0.1) is 6.07 Å². The summed E-state index contributed by atoms with van der Waals surface area (Å²) in [7, 11) is 0. The van der Waals surface area contributed by atoms with E-state index in [9.17, 15) is 5.26 Å². The van der Waals surface area contributed by atoms with E-state index < -0.39 is 0 Å². The van der Waals surface area contributed by atoms with Crippen molar-refractivity contribution in [2.75, 3.05) is 0 Å². The molecule has 1 aromatic carbocycles. The molecule has 0 amide bonds. The van der Waals surface area contributed by atoms with Gasteiger partial charge in [0.15, 0.2) is 0 Å². The highest BCUT2D eigenvalue weighted by molar-refractivity contribution is 5.20. The molecular weight excluding hydrogens is 218 g/mol. The lowest BCUT2D eigenvalue weighted by Gasteiger charge is -2.24. The Hall–Kier alpha value is -1.29. The molecule has 0 heterocycles. The molecule has 0 aliphatic heterocycles. The minimum absolute atomic E-state index is 0.178. The fourth-order valence-corrected chi connectivity index (χ4v) is 2.57. The van der Waals surface area contributed by atoms with Gasteiger partial charge in [-0.05, 0) is 36.2 Å². The summed E-state index contributed by atoms with van der Waals surface area (Å²) < 4.78 is 0. The average Bonchev–Trinajstić information content (AvgIpc) is 2.34. The fraction of sp³-hybridized carbons (Fsp3) is 0.588. The number of hydrogen-bond donors (Lipinski definition) is 0. The van der Waals surface area contributed by atoms with Crippen molar-refractivity contribution in [1.82, 2.24) is 0 Å². The number of hydrogen-bond acceptors (Lipinski definition) is 1. The Morgan fingerprint density at radius 1 is 1.00 bits per heavy atom. The molecule has 1 nitrogen and oxygen atoms in total. The monoisotopic (exact) mass is 243 g/mol. The molecule has 0 radical (unpaired) electrons. The van der Waals surface area contributed by atoms with Crippen LogP contribution in [0.1, 0.15) is 52.0 Å². The summed E-state index contributed by atoms with van der Waals surface area (Å²) in [5, 5.41) is 9.30. The number of rotatable bonds is 6. The van der Waals surface area contributed by atoms with Crippen LogP contribution < -0.4 is 0 Å². The Morgan fingerprint density at radius 3 is 2.06 bits per heavy atom. The van der Waals surface area contributed by atoms with E-state index >= 15 is 0 Å². The first kappa shape index (κ1) is 14.8. The number of nitriles is 1. The Kier molecular flexibility index (Phi) is 5.92. The van der Waals surface area contributed by atoms with Crippen molar-refractivity contribution in [2.45, 2.75) is 46.5 Å². The predicted molar refractivity (Wildman–Crippen MR) is 77.2 cm³/mol. The Bertz CT molecular complexity index is 372. The van der Waals surface area contributed by atoms with Gasteiger partial charge in [-0.25, -0.2) is 0 Å². The predicted octanol–water partition coefficient (Wildman–Crippen LogP) is 5.00. The largest absolute Gasteiger partial charge is 0.198 e. The van der Waals surface area contributed by atoms with Crippen LogP contribution in [0, 0.1) is 29.1 Å². The Labute approximate surface area is 112 Å². The maximum atomic E-state index is 9.30. The maximum absolute atomic E-state index is 9.30. The van der Waals surface area contributed by atoms with E-state index in [1.807, 2.05) is 0 Å². The van der Waals surface area contributed by atoms with Crippen LogP contribution >= 0.6 is 0 Å². The minimum atomic E-state index is 0.178.